The van der Waals surface area contributed by atoms with E-state index in [2.05, 4.69) is 31.4 Å². The second-order valence-electron chi connectivity index (χ2n) is 6.11. The number of aromatic amines is 1. The molecule has 1 aromatic heterocycles. The predicted octanol–water partition coefficient (Wildman–Crippen LogP) is 1.27. The van der Waals surface area contributed by atoms with Crippen molar-refractivity contribution in [2.75, 3.05) is 16.0 Å². The zero-order valence-corrected chi connectivity index (χ0v) is 12.4. The second kappa shape index (κ2) is 4.22. The molecule has 0 radical (unpaired) electrons. The molecule has 2 aliphatic heterocycles. The van der Waals surface area contributed by atoms with Crippen LogP contribution in [0.5, 0.6) is 0 Å². The summed E-state index contributed by atoms with van der Waals surface area (Å²) in [6, 6.07) is 3.74. The first-order chi connectivity index (χ1) is 10.9. The van der Waals surface area contributed by atoms with Crippen LogP contribution in [0.15, 0.2) is 12.1 Å². The number of carboxylic acids is 1. The van der Waals surface area contributed by atoms with Gasteiger partial charge in [-0.25, -0.2) is 4.79 Å². The Labute approximate surface area is 130 Å². The van der Waals surface area contributed by atoms with E-state index in [1.54, 1.807) is 0 Å². The van der Waals surface area contributed by atoms with E-state index in [-0.39, 0.29) is 17.3 Å². The van der Waals surface area contributed by atoms with Crippen molar-refractivity contribution in [2.24, 2.45) is 0 Å². The molecule has 118 valence electrons. The third-order valence-electron chi connectivity index (χ3n) is 4.30. The van der Waals surface area contributed by atoms with Gasteiger partial charge in [-0.3, -0.25) is 4.79 Å². The van der Waals surface area contributed by atoms with E-state index >= 15 is 0 Å². The zero-order valence-electron chi connectivity index (χ0n) is 12.4. The van der Waals surface area contributed by atoms with Crippen LogP contribution in [0.1, 0.15) is 41.8 Å². The van der Waals surface area contributed by atoms with E-state index in [1.165, 1.54) is 0 Å². The second-order valence-corrected chi connectivity index (χ2v) is 6.11. The van der Waals surface area contributed by atoms with Crippen LogP contribution < -0.4 is 16.0 Å². The normalized spacial score (nSPS) is 20.3. The summed E-state index contributed by atoms with van der Waals surface area (Å²) in [5.74, 6) is -1.19. The Morgan fingerprint density at radius 2 is 1.87 bits per heavy atom. The number of benzene rings is 1. The molecule has 1 aromatic carbocycles. The number of hydrogen-bond acceptors (Lipinski definition) is 6. The van der Waals surface area contributed by atoms with Gasteiger partial charge in [0.25, 0.3) is 0 Å². The maximum absolute atomic E-state index is 12.0. The molecule has 0 spiro atoms. The number of amides is 1. The largest absolute Gasteiger partial charge is 0.476 e. The molecule has 9 heteroatoms. The molecule has 2 aromatic rings. The quantitative estimate of drug-likeness (QED) is 0.564. The molecule has 4 rings (SSSR count). The Morgan fingerprint density at radius 1 is 1.17 bits per heavy atom. The highest BCUT2D eigenvalue weighted by Gasteiger charge is 2.40. The molecule has 0 saturated heterocycles. The van der Waals surface area contributed by atoms with E-state index in [0.29, 0.717) is 0 Å². The molecule has 0 aliphatic carbocycles. The SMILES string of the molecule is CC1(C)C(=O)Nc2cc3c(cc21)NC(c1n[nH]nc1C(=O)O)N3. The van der Waals surface area contributed by atoms with E-state index in [9.17, 15) is 9.59 Å². The Bertz CT molecular complexity index is 856. The molecule has 1 atom stereocenters. The number of carbonyl (C=O) groups excluding carboxylic acids is 1. The molecular formula is C14H14N6O3. The number of fused-ring (bicyclic) bond motifs is 2. The molecule has 1 amide bonds. The number of hydrogen-bond donors (Lipinski definition) is 5. The fraction of sp³-hybridized carbons (Fsp3) is 0.286. The van der Waals surface area contributed by atoms with Crippen molar-refractivity contribution in [1.82, 2.24) is 15.4 Å². The predicted molar refractivity (Wildman–Crippen MR) is 81.4 cm³/mol. The number of nitrogens with zero attached hydrogens (tertiary/aromatic N) is 2. The highest BCUT2D eigenvalue weighted by molar-refractivity contribution is 6.07. The molecule has 5 N–H and O–H groups in total. The number of anilines is 3. The minimum atomic E-state index is -1.15. The highest BCUT2D eigenvalue weighted by Crippen LogP contribution is 2.45. The standard InChI is InChI=1S/C14H14N6O3/c1-14(2)5-3-7-8(4-6(5)17-13(14)23)16-11(15-7)9-10(12(21)22)19-20-18-9/h3-4,11,15-16H,1-2H3,(H,17,23)(H,21,22)(H,18,19,20). The first-order valence-electron chi connectivity index (χ1n) is 7.05. The van der Waals surface area contributed by atoms with Gasteiger partial charge in [-0.2, -0.15) is 10.3 Å². The van der Waals surface area contributed by atoms with Crippen molar-refractivity contribution >= 4 is 28.9 Å². The van der Waals surface area contributed by atoms with E-state index in [0.717, 1.165) is 22.6 Å². The van der Waals surface area contributed by atoms with E-state index in [4.69, 9.17) is 5.11 Å². The topological polar surface area (TPSA) is 132 Å². The summed E-state index contributed by atoms with van der Waals surface area (Å²) >= 11 is 0. The van der Waals surface area contributed by atoms with Crippen LogP contribution in [0, 0.1) is 0 Å². The van der Waals surface area contributed by atoms with Gasteiger partial charge in [0.15, 0.2) is 5.69 Å². The van der Waals surface area contributed by atoms with Gasteiger partial charge >= 0.3 is 5.97 Å². The molecule has 0 saturated carbocycles. The smallest absolute Gasteiger partial charge is 0.358 e. The van der Waals surface area contributed by atoms with Gasteiger partial charge in [-0.05, 0) is 31.5 Å². The number of rotatable bonds is 2. The average molecular weight is 314 g/mol. The van der Waals surface area contributed by atoms with Crippen molar-refractivity contribution in [3.8, 4) is 0 Å². The Kier molecular flexibility index (Phi) is 2.48. The van der Waals surface area contributed by atoms with Crippen molar-refractivity contribution < 1.29 is 14.7 Å². The number of H-pyrrole nitrogens is 1. The van der Waals surface area contributed by atoms with Crippen molar-refractivity contribution in [2.45, 2.75) is 25.4 Å². The maximum Gasteiger partial charge on any atom is 0.358 e. The maximum atomic E-state index is 12.0. The van der Waals surface area contributed by atoms with Crippen LogP contribution in [0.2, 0.25) is 0 Å². The Morgan fingerprint density at radius 3 is 2.57 bits per heavy atom. The lowest BCUT2D eigenvalue weighted by Gasteiger charge is -2.15. The van der Waals surface area contributed by atoms with E-state index in [1.807, 2.05) is 26.0 Å². The Hall–Kier alpha value is -3.10. The fourth-order valence-electron chi connectivity index (χ4n) is 2.94. The zero-order chi connectivity index (χ0) is 16.4. The minimum Gasteiger partial charge on any atom is -0.476 e. The van der Waals surface area contributed by atoms with Gasteiger partial charge in [0.2, 0.25) is 5.91 Å². The number of aromatic carboxylic acids is 1. The third kappa shape index (κ3) is 1.79. The van der Waals surface area contributed by atoms with Gasteiger partial charge < -0.3 is 21.1 Å². The van der Waals surface area contributed by atoms with Gasteiger partial charge in [-0.1, -0.05) is 0 Å². The van der Waals surface area contributed by atoms with Crippen molar-refractivity contribution in [1.29, 1.82) is 0 Å². The molecule has 23 heavy (non-hydrogen) atoms. The highest BCUT2D eigenvalue weighted by atomic mass is 16.4. The third-order valence-corrected chi connectivity index (χ3v) is 4.30. The summed E-state index contributed by atoms with van der Waals surface area (Å²) in [6.45, 7) is 3.72. The Balaban J connectivity index is 1.71. The van der Waals surface area contributed by atoms with Gasteiger partial charge in [0.05, 0.1) is 16.8 Å². The van der Waals surface area contributed by atoms with Gasteiger partial charge in [-0.15, -0.1) is 5.10 Å². The summed E-state index contributed by atoms with van der Waals surface area (Å²) in [6.07, 6.45) is -0.504. The first kappa shape index (κ1) is 13.6. The van der Waals surface area contributed by atoms with Crippen molar-refractivity contribution in [3.05, 3.63) is 29.1 Å². The monoisotopic (exact) mass is 314 g/mol. The molecule has 3 heterocycles. The van der Waals surface area contributed by atoms with Gasteiger partial charge in [0, 0.05) is 5.69 Å². The van der Waals surface area contributed by atoms with Crippen LogP contribution in [-0.2, 0) is 10.2 Å². The molecule has 0 fully saturated rings. The first-order valence-corrected chi connectivity index (χ1v) is 7.05. The summed E-state index contributed by atoms with van der Waals surface area (Å²) in [4.78, 5) is 23.2. The molecule has 2 aliphatic rings. The lowest BCUT2D eigenvalue weighted by Crippen LogP contribution is -2.26. The summed E-state index contributed by atoms with van der Waals surface area (Å²) in [7, 11) is 0. The number of nitrogens with one attached hydrogen (secondary N) is 4. The number of carbonyl (C=O) groups is 2. The molecule has 0 bridgehead atoms. The molecule has 9 nitrogen and oxygen atoms in total. The number of aromatic nitrogens is 3. The molecule has 1 unspecified atom stereocenters. The average Bonchev–Trinajstić information content (AvgIpc) is 3.15. The minimum absolute atomic E-state index is 0.0441. The van der Waals surface area contributed by atoms with Crippen LogP contribution in [-0.4, -0.2) is 32.4 Å². The number of carboxylic acid groups (broad SMARTS) is 1. The van der Waals surface area contributed by atoms with Crippen molar-refractivity contribution in [3.63, 3.8) is 0 Å². The van der Waals surface area contributed by atoms with E-state index < -0.39 is 17.6 Å². The summed E-state index contributed by atoms with van der Waals surface area (Å²) in [5, 5.41) is 28.2. The summed E-state index contributed by atoms with van der Waals surface area (Å²) < 4.78 is 0. The summed E-state index contributed by atoms with van der Waals surface area (Å²) in [5.41, 5.74) is 2.75. The van der Waals surface area contributed by atoms with Gasteiger partial charge in [0.1, 0.15) is 11.9 Å². The van der Waals surface area contributed by atoms with Crippen LogP contribution in [0.25, 0.3) is 0 Å². The molecular weight excluding hydrogens is 300 g/mol. The fourth-order valence-corrected chi connectivity index (χ4v) is 2.94. The van der Waals surface area contributed by atoms with Crippen LogP contribution in [0.3, 0.4) is 0 Å². The lowest BCUT2D eigenvalue weighted by molar-refractivity contribution is -0.119. The van der Waals surface area contributed by atoms with Crippen LogP contribution in [0.4, 0.5) is 17.1 Å². The van der Waals surface area contributed by atoms with Crippen LogP contribution >= 0.6 is 0 Å². The lowest BCUT2D eigenvalue weighted by atomic mass is 9.86.